The highest BCUT2D eigenvalue weighted by Gasteiger charge is 2.12. The minimum Gasteiger partial charge on any atom is -0.497 e. The first-order valence-electron chi connectivity index (χ1n) is 11.3. The Bertz CT molecular complexity index is 1310. The summed E-state index contributed by atoms with van der Waals surface area (Å²) in [6.45, 7) is 4.12. The molecule has 0 spiro atoms. The number of esters is 1. The summed E-state index contributed by atoms with van der Waals surface area (Å²) in [5, 5.41) is 6.74. The largest absolute Gasteiger partial charge is 0.497 e. The van der Waals surface area contributed by atoms with Gasteiger partial charge in [-0.15, -0.1) is 0 Å². The summed E-state index contributed by atoms with van der Waals surface area (Å²) in [6.07, 6.45) is 0. The molecule has 4 rings (SSSR count). The predicted molar refractivity (Wildman–Crippen MR) is 133 cm³/mol. The van der Waals surface area contributed by atoms with Crippen LogP contribution in [0.3, 0.4) is 0 Å². The van der Waals surface area contributed by atoms with Gasteiger partial charge in [-0.25, -0.2) is 4.79 Å². The van der Waals surface area contributed by atoms with Crippen molar-refractivity contribution in [2.45, 2.75) is 27.1 Å². The first-order valence-corrected chi connectivity index (χ1v) is 11.3. The van der Waals surface area contributed by atoms with Crippen LogP contribution in [0.4, 0.5) is 5.69 Å². The Balaban J connectivity index is 1.26. The van der Waals surface area contributed by atoms with E-state index in [1.165, 1.54) is 0 Å². The standard InChI is InChI=1S/C28H26N2O6/c1-18-26(19(2)36-30-18)17-34-25-12-8-22(9-13-25)28(32)35-16-20-4-6-21(7-5-20)27(31)29-23-10-14-24(33-3)15-11-23/h4-15H,16-17H2,1-3H3,(H,29,31). The van der Waals surface area contributed by atoms with Crippen molar-refractivity contribution in [1.82, 2.24) is 5.16 Å². The van der Waals surface area contributed by atoms with Crippen molar-refractivity contribution in [3.05, 3.63) is 107 Å². The van der Waals surface area contributed by atoms with E-state index in [0.717, 1.165) is 22.6 Å². The van der Waals surface area contributed by atoms with Crippen molar-refractivity contribution in [3.8, 4) is 11.5 Å². The van der Waals surface area contributed by atoms with Gasteiger partial charge in [0.05, 0.1) is 23.9 Å². The summed E-state index contributed by atoms with van der Waals surface area (Å²) in [5.41, 5.74) is 4.03. The zero-order chi connectivity index (χ0) is 25.5. The van der Waals surface area contributed by atoms with E-state index in [1.807, 2.05) is 13.8 Å². The second kappa shape index (κ2) is 11.2. The molecule has 36 heavy (non-hydrogen) atoms. The maximum Gasteiger partial charge on any atom is 0.338 e. The van der Waals surface area contributed by atoms with Gasteiger partial charge >= 0.3 is 5.97 Å². The third kappa shape index (κ3) is 6.09. The lowest BCUT2D eigenvalue weighted by atomic mass is 10.1. The van der Waals surface area contributed by atoms with Crippen LogP contribution >= 0.6 is 0 Å². The van der Waals surface area contributed by atoms with E-state index in [1.54, 1.807) is 79.9 Å². The summed E-state index contributed by atoms with van der Waals surface area (Å²) in [5.74, 6) is 1.37. The van der Waals surface area contributed by atoms with Gasteiger partial charge < -0.3 is 24.1 Å². The highest BCUT2D eigenvalue weighted by atomic mass is 16.5. The number of ether oxygens (including phenoxy) is 3. The van der Waals surface area contributed by atoms with E-state index >= 15 is 0 Å². The van der Waals surface area contributed by atoms with Gasteiger partial charge in [-0.1, -0.05) is 17.3 Å². The summed E-state index contributed by atoms with van der Waals surface area (Å²) < 4.78 is 21.4. The lowest BCUT2D eigenvalue weighted by Crippen LogP contribution is -2.12. The van der Waals surface area contributed by atoms with Crippen molar-refractivity contribution < 1.29 is 28.3 Å². The molecule has 0 aliphatic heterocycles. The molecule has 8 nitrogen and oxygen atoms in total. The van der Waals surface area contributed by atoms with Gasteiger partial charge in [-0.05, 0) is 80.1 Å². The SMILES string of the molecule is COc1ccc(NC(=O)c2ccc(COC(=O)c3ccc(OCc4c(C)noc4C)cc3)cc2)cc1. The molecular formula is C28H26N2O6. The number of carbonyl (C=O) groups is 2. The molecule has 0 aliphatic rings. The van der Waals surface area contributed by atoms with Crippen molar-refractivity contribution in [2.75, 3.05) is 12.4 Å². The molecule has 0 saturated heterocycles. The van der Waals surface area contributed by atoms with Crippen LogP contribution in [0, 0.1) is 13.8 Å². The molecule has 1 N–H and O–H groups in total. The Morgan fingerprint density at radius 3 is 2.08 bits per heavy atom. The lowest BCUT2D eigenvalue weighted by molar-refractivity contribution is 0.0472. The van der Waals surface area contributed by atoms with Crippen LogP contribution < -0.4 is 14.8 Å². The molecule has 1 heterocycles. The van der Waals surface area contributed by atoms with Crippen LogP contribution in [-0.4, -0.2) is 24.1 Å². The fourth-order valence-electron chi connectivity index (χ4n) is 3.41. The van der Waals surface area contributed by atoms with Gasteiger partial charge in [0.2, 0.25) is 0 Å². The van der Waals surface area contributed by atoms with Gasteiger partial charge in [-0.3, -0.25) is 4.79 Å². The van der Waals surface area contributed by atoms with Gasteiger partial charge in [0.25, 0.3) is 5.91 Å². The van der Waals surface area contributed by atoms with Gasteiger partial charge in [0.15, 0.2) is 0 Å². The number of aromatic nitrogens is 1. The number of rotatable bonds is 9. The van der Waals surface area contributed by atoms with Crippen LogP contribution in [-0.2, 0) is 18.0 Å². The summed E-state index contributed by atoms with van der Waals surface area (Å²) in [4.78, 5) is 24.9. The molecule has 8 heteroatoms. The lowest BCUT2D eigenvalue weighted by Gasteiger charge is -2.09. The van der Waals surface area contributed by atoms with Crippen LogP contribution in [0.15, 0.2) is 77.3 Å². The van der Waals surface area contributed by atoms with Crippen LogP contribution in [0.1, 0.15) is 43.3 Å². The van der Waals surface area contributed by atoms with E-state index < -0.39 is 5.97 Å². The third-order valence-electron chi connectivity index (χ3n) is 5.59. The fraction of sp³-hybridized carbons (Fsp3) is 0.179. The second-order valence-electron chi connectivity index (χ2n) is 8.07. The first-order chi connectivity index (χ1) is 17.4. The highest BCUT2D eigenvalue weighted by molar-refractivity contribution is 6.04. The molecule has 0 bridgehead atoms. The number of hydrogen-bond acceptors (Lipinski definition) is 7. The highest BCUT2D eigenvalue weighted by Crippen LogP contribution is 2.19. The average Bonchev–Trinajstić information content (AvgIpc) is 3.23. The minimum atomic E-state index is -0.450. The third-order valence-corrected chi connectivity index (χ3v) is 5.59. The van der Waals surface area contributed by atoms with Crippen LogP contribution in [0.25, 0.3) is 0 Å². The quantitative estimate of drug-likeness (QED) is 0.312. The summed E-state index contributed by atoms with van der Waals surface area (Å²) >= 11 is 0. The first kappa shape index (κ1) is 24.5. The van der Waals surface area contributed by atoms with Crippen molar-refractivity contribution >= 4 is 17.6 Å². The average molecular weight is 487 g/mol. The number of nitrogens with one attached hydrogen (secondary N) is 1. The number of amides is 1. The second-order valence-corrected chi connectivity index (χ2v) is 8.07. The topological polar surface area (TPSA) is 99.9 Å². The zero-order valence-corrected chi connectivity index (χ0v) is 20.2. The van der Waals surface area contributed by atoms with Crippen LogP contribution in [0.2, 0.25) is 0 Å². The Morgan fingerprint density at radius 1 is 0.833 bits per heavy atom. The Morgan fingerprint density at radius 2 is 1.47 bits per heavy atom. The van der Waals surface area contributed by atoms with Crippen molar-refractivity contribution in [3.63, 3.8) is 0 Å². The maximum atomic E-state index is 12.5. The Labute approximate surface area is 208 Å². The molecule has 0 saturated carbocycles. The zero-order valence-electron chi connectivity index (χ0n) is 20.2. The Kier molecular flexibility index (Phi) is 7.65. The van der Waals surface area contributed by atoms with Gasteiger partial charge in [-0.2, -0.15) is 0 Å². The van der Waals surface area contributed by atoms with E-state index in [0.29, 0.717) is 34.9 Å². The van der Waals surface area contributed by atoms with Crippen LogP contribution in [0.5, 0.6) is 11.5 Å². The molecule has 0 aliphatic carbocycles. The van der Waals surface area contributed by atoms with E-state index in [2.05, 4.69) is 10.5 Å². The number of benzene rings is 3. The number of aryl methyl sites for hydroxylation is 2. The molecule has 4 aromatic rings. The Hall–Kier alpha value is -4.59. The molecule has 1 aromatic heterocycles. The summed E-state index contributed by atoms with van der Waals surface area (Å²) in [6, 6.07) is 20.7. The number of carbonyl (C=O) groups excluding carboxylic acids is 2. The fourth-order valence-corrected chi connectivity index (χ4v) is 3.41. The van der Waals surface area contributed by atoms with Crippen molar-refractivity contribution in [2.24, 2.45) is 0 Å². The smallest absolute Gasteiger partial charge is 0.338 e. The van der Waals surface area contributed by atoms with E-state index in [9.17, 15) is 9.59 Å². The molecule has 184 valence electrons. The summed E-state index contributed by atoms with van der Waals surface area (Å²) in [7, 11) is 1.59. The molecular weight excluding hydrogens is 460 g/mol. The molecule has 0 unspecified atom stereocenters. The molecule has 3 aromatic carbocycles. The number of nitrogens with zero attached hydrogens (tertiary/aromatic N) is 1. The minimum absolute atomic E-state index is 0.0868. The maximum absolute atomic E-state index is 12.5. The molecule has 0 fully saturated rings. The number of hydrogen-bond donors (Lipinski definition) is 1. The van der Waals surface area contributed by atoms with E-state index in [-0.39, 0.29) is 12.5 Å². The number of methoxy groups -OCH3 is 1. The van der Waals surface area contributed by atoms with Gasteiger partial charge in [0.1, 0.15) is 30.5 Å². The molecule has 0 atom stereocenters. The molecule has 1 amide bonds. The van der Waals surface area contributed by atoms with E-state index in [4.69, 9.17) is 18.7 Å². The monoisotopic (exact) mass is 486 g/mol. The predicted octanol–water partition coefficient (Wildman–Crippen LogP) is 5.49. The number of anilines is 1. The van der Waals surface area contributed by atoms with Gasteiger partial charge in [0, 0.05) is 11.3 Å². The van der Waals surface area contributed by atoms with Crippen molar-refractivity contribution in [1.29, 1.82) is 0 Å². The molecule has 0 radical (unpaired) electrons. The normalized spacial score (nSPS) is 10.5.